The van der Waals surface area contributed by atoms with Crippen molar-refractivity contribution in [1.29, 1.82) is 0 Å². The Morgan fingerprint density at radius 1 is 1.17 bits per heavy atom. The molecule has 3 N–H and O–H groups in total. The minimum Gasteiger partial charge on any atom is -0.387 e. The first-order valence-corrected chi connectivity index (χ1v) is 6.63. The molecule has 0 spiro atoms. The van der Waals surface area contributed by atoms with E-state index in [1.54, 1.807) is 0 Å². The Balaban J connectivity index is 2.61. The van der Waals surface area contributed by atoms with E-state index in [1.165, 1.54) is 0 Å². The molecule has 0 saturated carbocycles. The van der Waals surface area contributed by atoms with Gasteiger partial charge in [-0.2, -0.15) is 0 Å². The van der Waals surface area contributed by atoms with Crippen LogP contribution in [-0.4, -0.2) is 29.6 Å². The average Bonchev–Trinajstić information content (AvgIpc) is 2.37. The Bertz CT molecular complexity index is 348. The van der Waals surface area contributed by atoms with Crippen molar-refractivity contribution in [1.82, 2.24) is 4.90 Å². The summed E-state index contributed by atoms with van der Waals surface area (Å²) in [5.74, 6) is 0.585. The van der Waals surface area contributed by atoms with Crippen LogP contribution in [0.4, 0.5) is 0 Å². The summed E-state index contributed by atoms with van der Waals surface area (Å²) in [7, 11) is 2.06. The van der Waals surface area contributed by atoms with Gasteiger partial charge in [0.25, 0.3) is 0 Å². The van der Waals surface area contributed by atoms with Crippen LogP contribution in [0, 0.1) is 5.92 Å². The molecular formula is C15H26N2O. The number of aliphatic hydroxyl groups is 1. The Morgan fingerprint density at radius 3 is 2.17 bits per heavy atom. The molecule has 0 bridgehead atoms. The molecule has 0 heterocycles. The first kappa shape index (κ1) is 15.2. The number of benzene rings is 1. The number of hydrogen-bond donors (Lipinski definition) is 2. The molecule has 102 valence electrons. The molecule has 0 aliphatic rings. The zero-order chi connectivity index (χ0) is 13.7. The van der Waals surface area contributed by atoms with Gasteiger partial charge < -0.3 is 15.7 Å². The molecule has 1 aromatic rings. The van der Waals surface area contributed by atoms with Crippen molar-refractivity contribution in [2.45, 2.75) is 39.5 Å². The highest BCUT2D eigenvalue weighted by atomic mass is 16.3. The quantitative estimate of drug-likeness (QED) is 0.813. The number of hydrogen-bond acceptors (Lipinski definition) is 3. The maximum atomic E-state index is 10.2. The fourth-order valence-corrected chi connectivity index (χ4v) is 1.93. The Kier molecular flexibility index (Phi) is 5.79. The van der Waals surface area contributed by atoms with E-state index in [2.05, 4.69) is 32.7 Å². The molecule has 2 atom stereocenters. The van der Waals surface area contributed by atoms with Crippen LogP contribution in [0.25, 0.3) is 0 Å². The molecule has 18 heavy (non-hydrogen) atoms. The van der Waals surface area contributed by atoms with Gasteiger partial charge in [-0.1, -0.05) is 38.1 Å². The zero-order valence-electron chi connectivity index (χ0n) is 11.9. The second kappa shape index (κ2) is 6.88. The van der Waals surface area contributed by atoms with Crippen LogP contribution in [0.1, 0.15) is 38.0 Å². The smallest absolute Gasteiger partial charge is 0.0916 e. The van der Waals surface area contributed by atoms with Crippen molar-refractivity contribution >= 4 is 0 Å². The van der Waals surface area contributed by atoms with Gasteiger partial charge in [0.15, 0.2) is 0 Å². The Morgan fingerprint density at radius 2 is 1.72 bits per heavy atom. The number of rotatable bonds is 6. The molecule has 1 aromatic carbocycles. The summed E-state index contributed by atoms with van der Waals surface area (Å²) in [6.45, 7) is 7.78. The lowest BCUT2D eigenvalue weighted by Gasteiger charge is -2.29. The summed E-state index contributed by atoms with van der Waals surface area (Å²) in [4.78, 5) is 2.20. The van der Waals surface area contributed by atoms with Crippen LogP contribution in [0.3, 0.4) is 0 Å². The number of nitrogens with zero attached hydrogens (tertiary/aromatic N) is 1. The van der Waals surface area contributed by atoms with Crippen molar-refractivity contribution in [3.05, 3.63) is 35.4 Å². The summed E-state index contributed by atoms with van der Waals surface area (Å²) in [6, 6.07) is 8.33. The maximum Gasteiger partial charge on any atom is 0.0916 e. The van der Waals surface area contributed by atoms with Gasteiger partial charge in [-0.05, 0) is 31.0 Å². The Hall–Kier alpha value is -0.900. The van der Waals surface area contributed by atoms with E-state index < -0.39 is 6.10 Å². The molecular weight excluding hydrogens is 224 g/mol. The van der Waals surface area contributed by atoms with Gasteiger partial charge in [-0.15, -0.1) is 0 Å². The first-order chi connectivity index (χ1) is 8.45. The third kappa shape index (κ3) is 4.09. The molecule has 3 heteroatoms. The van der Waals surface area contributed by atoms with Crippen LogP contribution >= 0.6 is 0 Å². The molecule has 0 aliphatic heterocycles. The molecule has 2 unspecified atom stereocenters. The SMILES string of the molecule is CC(C)C(C)N(C)CC(O)c1ccc(CN)cc1. The summed E-state index contributed by atoms with van der Waals surface area (Å²) in [5.41, 5.74) is 7.61. The minimum absolute atomic E-state index is 0.442. The normalized spacial score (nSPS) is 15.1. The largest absolute Gasteiger partial charge is 0.387 e. The van der Waals surface area contributed by atoms with Crippen molar-refractivity contribution in [2.75, 3.05) is 13.6 Å². The van der Waals surface area contributed by atoms with E-state index in [1.807, 2.05) is 24.3 Å². The average molecular weight is 250 g/mol. The molecule has 0 fully saturated rings. The van der Waals surface area contributed by atoms with Crippen LogP contribution in [-0.2, 0) is 6.54 Å². The fourth-order valence-electron chi connectivity index (χ4n) is 1.93. The molecule has 0 aromatic heterocycles. The molecule has 0 saturated heterocycles. The van der Waals surface area contributed by atoms with Crippen molar-refractivity contribution in [3.8, 4) is 0 Å². The zero-order valence-corrected chi connectivity index (χ0v) is 11.9. The van der Waals surface area contributed by atoms with Gasteiger partial charge in [0.2, 0.25) is 0 Å². The summed E-state index contributed by atoms with van der Waals surface area (Å²) in [6.07, 6.45) is -0.442. The van der Waals surface area contributed by atoms with Gasteiger partial charge in [-0.3, -0.25) is 0 Å². The predicted molar refractivity (Wildman–Crippen MR) is 76.2 cm³/mol. The lowest BCUT2D eigenvalue weighted by Crippen LogP contribution is -2.36. The second-order valence-corrected chi connectivity index (χ2v) is 5.39. The van der Waals surface area contributed by atoms with Crippen LogP contribution < -0.4 is 5.73 Å². The lowest BCUT2D eigenvalue weighted by atomic mass is 10.0. The molecule has 0 amide bonds. The van der Waals surface area contributed by atoms with Gasteiger partial charge in [0.1, 0.15) is 0 Å². The van der Waals surface area contributed by atoms with Gasteiger partial charge in [0, 0.05) is 19.1 Å². The highest BCUT2D eigenvalue weighted by molar-refractivity contribution is 5.24. The molecule has 0 aliphatic carbocycles. The Labute approximate surface area is 111 Å². The van der Waals surface area contributed by atoms with Crippen LogP contribution in [0.15, 0.2) is 24.3 Å². The maximum absolute atomic E-state index is 10.2. The topological polar surface area (TPSA) is 49.5 Å². The standard InChI is InChI=1S/C15H26N2O/c1-11(2)12(3)17(4)10-15(18)14-7-5-13(9-16)6-8-14/h5-8,11-12,15,18H,9-10,16H2,1-4H3. The molecule has 0 radical (unpaired) electrons. The van der Waals surface area contributed by atoms with Crippen LogP contribution in [0.2, 0.25) is 0 Å². The summed E-state index contributed by atoms with van der Waals surface area (Å²) >= 11 is 0. The number of likely N-dealkylation sites (N-methyl/N-ethyl adjacent to an activating group) is 1. The van der Waals surface area contributed by atoms with E-state index in [0.717, 1.165) is 11.1 Å². The molecule has 3 nitrogen and oxygen atoms in total. The highest BCUT2D eigenvalue weighted by Crippen LogP contribution is 2.17. The lowest BCUT2D eigenvalue weighted by molar-refractivity contribution is 0.0955. The van der Waals surface area contributed by atoms with E-state index >= 15 is 0 Å². The van der Waals surface area contributed by atoms with Crippen molar-refractivity contribution < 1.29 is 5.11 Å². The summed E-state index contributed by atoms with van der Waals surface area (Å²) < 4.78 is 0. The van der Waals surface area contributed by atoms with E-state index in [0.29, 0.717) is 25.0 Å². The van der Waals surface area contributed by atoms with Gasteiger partial charge in [-0.25, -0.2) is 0 Å². The van der Waals surface area contributed by atoms with Crippen molar-refractivity contribution in [2.24, 2.45) is 11.7 Å². The van der Waals surface area contributed by atoms with Crippen molar-refractivity contribution in [3.63, 3.8) is 0 Å². The third-order valence-electron chi connectivity index (χ3n) is 3.72. The number of aliphatic hydroxyl groups excluding tert-OH is 1. The van der Waals surface area contributed by atoms with Gasteiger partial charge in [0.05, 0.1) is 6.10 Å². The third-order valence-corrected chi connectivity index (χ3v) is 3.72. The highest BCUT2D eigenvalue weighted by Gasteiger charge is 2.17. The van der Waals surface area contributed by atoms with E-state index in [9.17, 15) is 5.11 Å². The first-order valence-electron chi connectivity index (χ1n) is 6.63. The van der Waals surface area contributed by atoms with E-state index in [-0.39, 0.29) is 0 Å². The van der Waals surface area contributed by atoms with Gasteiger partial charge >= 0.3 is 0 Å². The fraction of sp³-hybridized carbons (Fsp3) is 0.600. The van der Waals surface area contributed by atoms with E-state index in [4.69, 9.17) is 5.73 Å². The van der Waals surface area contributed by atoms with Crippen LogP contribution in [0.5, 0.6) is 0 Å². The number of nitrogens with two attached hydrogens (primary N) is 1. The second-order valence-electron chi connectivity index (χ2n) is 5.39. The monoisotopic (exact) mass is 250 g/mol. The predicted octanol–water partition coefficient (Wildman–Crippen LogP) is 2.16. The minimum atomic E-state index is -0.442. The molecule has 1 rings (SSSR count). The summed E-state index contributed by atoms with van der Waals surface area (Å²) in [5, 5.41) is 10.2.